The molecular formula is C15H12N4O3. The van der Waals surface area contributed by atoms with Gasteiger partial charge in [-0.25, -0.2) is 14.5 Å². The Kier molecular flexibility index (Phi) is 2.56. The van der Waals surface area contributed by atoms with Crippen LogP contribution in [0.3, 0.4) is 0 Å². The minimum Gasteiger partial charge on any atom is -0.507 e. The number of phenolic OH excluding ortho intramolecular Hbond substituents is 1. The first-order valence-corrected chi connectivity index (χ1v) is 6.64. The number of aromatic hydroxyl groups is 1. The number of ether oxygens (including phenoxy) is 1. The fraction of sp³-hybridized carbons (Fsp3) is 0.133. The SMILES string of the molecule is COc1cc(O)c2cc(-c3cn4nc(C)cnc4n3)oc2c1. The van der Waals surface area contributed by atoms with Gasteiger partial charge in [0.1, 0.15) is 22.8 Å². The molecular weight excluding hydrogens is 284 g/mol. The molecule has 4 aromatic rings. The van der Waals surface area contributed by atoms with Crippen molar-refractivity contribution in [2.75, 3.05) is 7.11 Å². The highest BCUT2D eigenvalue weighted by molar-refractivity contribution is 5.89. The molecule has 0 fully saturated rings. The van der Waals surface area contributed by atoms with E-state index >= 15 is 0 Å². The molecule has 0 atom stereocenters. The van der Waals surface area contributed by atoms with Crippen LogP contribution in [0.15, 0.2) is 35.0 Å². The Labute approximate surface area is 124 Å². The average molecular weight is 296 g/mol. The minimum absolute atomic E-state index is 0.0974. The number of methoxy groups -OCH3 is 1. The van der Waals surface area contributed by atoms with Gasteiger partial charge >= 0.3 is 0 Å². The summed E-state index contributed by atoms with van der Waals surface area (Å²) >= 11 is 0. The topological polar surface area (TPSA) is 85.7 Å². The highest BCUT2D eigenvalue weighted by atomic mass is 16.5. The van der Waals surface area contributed by atoms with Gasteiger partial charge in [0.05, 0.1) is 30.6 Å². The molecule has 0 radical (unpaired) electrons. The van der Waals surface area contributed by atoms with Crippen molar-refractivity contribution in [1.29, 1.82) is 0 Å². The number of furan rings is 1. The standard InChI is InChI=1S/C15H12N4O3/c1-8-6-16-15-17-11(7-19(15)18-8)14-5-10-12(20)3-9(21-2)4-13(10)22-14/h3-7,20H,1-2H3. The predicted molar refractivity (Wildman–Crippen MR) is 78.9 cm³/mol. The first kappa shape index (κ1) is 12.6. The molecule has 3 heterocycles. The van der Waals surface area contributed by atoms with Gasteiger partial charge in [-0.15, -0.1) is 0 Å². The highest BCUT2D eigenvalue weighted by Gasteiger charge is 2.14. The summed E-state index contributed by atoms with van der Waals surface area (Å²) < 4.78 is 12.5. The van der Waals surface area contributed by atoms with Crippen molar-refractivity contribution in [3.63, 3.8) is 0 Å². The van der Waals surface area contributed by atoms with Crippen molar-refractivity contribution in [1.82, 2.24) is 19.6 Å². The third-order valence-electron chi connectivity index (χ3n) is 3.38. The molecule has 0 saturated carbocycles. The van der Waals surface area contributed by atoms with Crippen LogP contribution in [0.25, 0.3) is 28.2 Å². The molecule has 22 heavy (non-hydrogen) atoms. The Morgan fingerprint density at radius 2 is 2.14 bits per heavy atom. The zero-order valence-corrected chi connectivity index (χ0v) is 11.9. The fourth-order valence-electron chi connectivity index (χ4n) is 2.33. The van der Waals surface area contributed by atoms with Crippen LogP contribution in [0.2, 0.25) is 0 Å². The first-order chi connectivity index (χ1) is 10.6. The van der Waals surface area contributed by atoms with Crippen molar-refractivity contribution >= 4 is 16.7 Å². The van der Waals surface area contributed by atoms with E-state index < -0.39 is 0 Å². The third kappa shape index (κ3) is 1.86. The molecule has 0 spiro atoms. The molecule has 0 aliphatic carbocycles. The highest BCUT2D eigenvalue weighted by Crippen LogP contribution is 2.35. The molecule has 110 valence electrons. The lowest BCUT2D eigenvalue weighted by Crippen LogP contribution is -1.94. The Bertz CT molecular complexity index is 1000. The van der Waals surface area contributed by atoms with Crippen LogP contribution >= 0.6 is 0 Å². The normalized spacial score (nSPS) is 11.4. The number of rotatable bonds is 2. The molecule has 0 unspecified atom stereocenters. The summed E-state index contributed by atoms with van der Waals surface area (Å²) in [7, 11) is 1.53. The molecule has 0 saturated heterocycles. The minimum atomic E-state index is 0.0974. The Hall–Kier alpha value is -3.09. The maximum Gasteiger partial charge on any atom is 0.251 e. The summed E-state index contributed by atoms with van der Waals surface area (Å²) in [5.74, 6) is 1.64. The van der Waals surface area contributed by atoms with Crippen molar-refractivity contribution in [2.24, 2.45) is 0 Å². The second kappa shape index (κ2) is 4.45. The number of benzene rings is 1. The third-order valence-corrected chi connectivity index (χ3v) is 3.38. The maximum absolute atomic E-state index is 10.0. The van der Waals surface area contributed by atoms with Crippen LogP contribution < -0.4 is 4.74 Å². The number of aromatic nitrogens is 4. The Balaban J connectivity index is 1.90. The summed E-state index contributed by atoms with van der Waals surface area (Å²) in [5, 5.41) is 14.9. The van der Waals surface area contributed by atoms with E-state index in [-0.39, 0.29) is 5.75 Å². The van der Waals surface area contributed by atoms with Gasteiger partial charge in [0, 0.05) is 12.1 Å². The van der Waals surface area contributed by atoms with E-state index in [1.807, 2.05) is 6.92 Å². The molecule has 7 heteroatoms. The summed E-state index contributed by atoms with van der Waals surface area (Å²) in [4.78, 5) is 8.58. The smallest absolute Gasteiger partial charge is 0.251 e. The molecule has 0 amide bonds. The lowest BCUT2D eigenvalue weighted by Gasteiger charge is -1.99. The van der Waals surface area contributed by atoms with Crippen molar-refractivity contribution in [3.05, 3.63) is 36.3 Å². The maximum atomic E-state index is 10.0. The largest absolute Gasteiger partial charge is 0.507 e. The van der Waals surface area contributed by atoms with Crippen molar-refractivity contribution < 1.29 is 14.3 Å². The molecule has 1 N–H and O–H groups in total. The van der Waals surface area contributed by atoms with Crippen LogP contribution in [-0.4, -0.2) is 31.8 Å². The lowest BCUT2D eigenvalue weighted by atomic mass is 10.2. The van der Waals surface area contributed by atoms with E-state index in [1.54, 1.807) is 29.0 Å². The summed E-state index contributed by atoms with van der Waals surface area (Å²) in [6.45, 7) is 1.86. The molecule has 7 nitrogen and oxygen atoms in total. The molecule has 0 bridgehead atoms. The van der Waals surface area contributed by atoms with Crippen LogP contribution in [-0.2, 0) is 0 Å². The van der Waals surface area contributed by atoms with Gasteiger partial charge in [0.15, 0.2) is 5.76 Å². The number of hydrogen-bond acceptors (Lipinski definition) is 6. The number of phenols is 1. The van der Waals surface area contributed by atoms with Gasteiger partial charge in [-0.1, -0.05) is 0 Å². The number of hydrogen-bond donors (Lipinski definition) is 1. The van der Waals surface area contributed by atoms with Gasteiger partial charge in [0.2, 0.25) is 0 Å². The van der Waals surface area contributed by atoms with Gasteiger partial charge in [-0.2, -0.15) is 5.10 Å². The van der Waals surface area contributed by atoms with E-state index in [4.69, 9.17) is 9.15 Å². The predicted octanol–water partition coefficient (Wildman–Crippen LogP) is 2.56. The lowest BCUT2D eigenvalue weighted by molar-refractivity contribution is 0.408. The van der Waals surface area contributed by atoms with E-state index in [0.717, 1.165) is 5.69 Å². The monoisotopic (exact) mass is 296 g/mol. The molecule has 1 aromatic carbocycles. The van der Waals surface area contributed by atoms with Gasteiger partial charge < -0.3 is 14.3 Å². The molecule has 0 aliphatic rings. The molecule has 0 aliphatic heterocycles. The zero-order chi connectivity index (χ0) is 15.3. The zero-order valence-electron chi connectivity index (χ0n) is 11.9. The second-order valence-corrected chi connectivity index (χ2v) is 4.94. The van der Waals surface area contributed by atoms with Crippen LogP contribution in [0.1, 0.15) is 5.69 Å². The average Bonchev–Trinajstić information content (AvgIpc) is 3.10. The molecule has 4 rings (SSSR count). The number of aryl methyl sites for hydroxylation is 1. The van der Waals surface area contributed by atoms with Crippen LogP contribution in [0.4, 0.5) is 0 Å². The van der Waals surface area contributed by atoms with E-state index in [2.05, 4.69) is 15.1 Å². The molecule has 3 aromatic heterocycles. The van der Waals surface area contributed by atoms with Gasteiger partial charge in [-0.3, -0.25) is 0 Å². The Morgan fingerprint density at radius 1 is 1.27 bits per heavy atom. The Morgan fingerprint density at radius 3 is 2.95 bits per heavy atom. The van der Waals surface area contributed by atoms with E-state index in [0.29, 0.717) is 34.0 Å². The summed E-state index contributed by atoms with van der Waals surface area (Å²) in [5.41, 5.74) is 1.92. The summed E-state index contributed by atoms with van der Waals surface area (Å²) in [6.07, 6.45) is 3.39. The van der Waals surface area contributed by atoms with E-state index in [1.165, 1.54) is 13.2 Å². The number of nitrogens with zero attached hydrogens (tertiary/aromatic N) is 4. The van der Waals surface area contributed by atoms with Crippen molar-refractivity contribution in [3.8, 4) is 23.0 Å². The van der Waals surface area contributed by atoms with Gasteiger partial charge in [-0.05, 0) is 13.0 Å². The number of fused-ring (bicyclic) bond motifs is 2. The van der Waals surface area contributed by atoms with Gasteiger partial charge in [0.25, 0.3) is 5.78 Å². The number of imidazole rings is 1. The quantitative estimate of drug-likeness (QED) is 0.612. The first-order valence-electron chi connectivity index (χ1n) is 6.64. The van der Waals surface area contributed by atoms with Crippen LogP contribution in [0, 0.1) is 6.92 Å². The second-order valence-electron chi connectivity index (χ2n) is 4.94. The fourth-order valence-corrected chi connectivity index (χ4v) is 2.33. The van der Waals surface area contributed by atoms with Crippen LogP contribution in [0.5, 0.6) is 11.5 Å². The van der Waals surface area contributed by atoms with Crippen molar-refractivity contribution in [2.45, 2.75) is 6.92 Å². The van der Waals surface area contributed by atoms with E-state index in [9.17, 15) is 5.11 Å². The summed E-state index contributed by atoms with van der Waals surface area (Å²) in [6, 6.07) is 4.99.